The van der Waals surface area contributed by atoms with Crippen LogP contribution in [-0.2, 0) is 21.7 Å². The molecule has 1 heteroatoms. The molecule has 0 spiro atoms. The highest BCUT2D eigenvalue weighted by atomic mass is 14.5. The lowest BCUT2D eigenvalue weighted by atomic mass is 9.23. The summed E-state index contributed by atoms with van der Waals surface area (Å²) < 4.78 is 0. The number of hydrogen-bond acceptors (Lipinski definition) is 0. The first-order valence-electron chi connectivity index (χ1n) is 14.4. The lowest BCUT2D eigenvalue weighted by molar-refractivity contribution is 0.571. The Bertz CT molecular complexity index is 1570. The van der Waals surface area contributed by atoms with E-state index < -0.39 is 0 Å². The lowest BCUT2D eigenvalue weighted by Crippen LogP contribution is -2.71. The molecule has 0 amide bonds. The van der Waals surface area contributed by atoms with Crippen molar-refractivity contribution < 1.29 is 0 Å². The second kappa shape index (κ2) is 5.91. The Labute approximate surface area is 227 Å². The minimum atomic E-state index is -0.0419. The van der Waals surface area contributed by atoms with Crippen LogP contribution in [0.5, 0.6) is 0 Å². The highest BCUT2D eigenvalue weighted by Crippen LogP contribution is 2.59. The molecule has 3 aliphatic heterocycles. The van der Waals surface area contributed by atoms with E-state index in [-0.39, 0.29) is 21.7 Å². The quantitative estimate of drug-likeness (QED) is 0.231. The minimum absolute atomic E-state index is 0.0344. The first kappa shape index (κ1) is 21.8. The molecule has 0 N–H and O–H groups in total. The van der Waals surface area contributed by atoms with Crippen molar-refractivity contribution in [3.63, 3.8) is 0 Å². The number of hydrogen-bond donors (Lipinski definition) is 0. The highest BCUT2D eigenvalue weighted by Gasteiger charge is 2.58. The molecule has 4 aromatic rings. The fraction of sp³-hybridized carbons (Fsp3) is 0.324. The van der Waals surface area contributed by atoms with Gasteiger partial charge in [0.25, 0.3) is 0 Å². The summed E-state index contributed by atoms with van der Waals surface area (Å²) in [5.41, 5.74) is 21.5. The summed E-state index contributed by atoms with van der Waals surface area (Å²) >= 11 is 0. The number of benzene rings is 4. The van der Waals surface area contributed by atoms with Crippen molar-refractivity contribution >= 4 is 23.1 Å². The second-order valence-corrected chi connectivity index (χ2v) is 14.7. The van der Waals surface area contributed by atoms with Crippen LogP contribution < -0.4 is 16.4 Å². The van der Waals surface area contributed by atoms with Gasteiger partial charge in [-0.3, -0.25) is 0 Å². The van der Waals surface area contributed by atoms with Crippen LogP contribution in [0.3, 0.4) is 0 Å². The zero-order valence-electron chi connectivity index (χ0n) is 23.9. The van der Waals surface area contributed by atoms with E-state index in [1.807, 2.05) is 0 Å². The molecule has 0 unspecified atom stereocenters. The molecule has 1 radical (unpaired) electrons. The van der Waals surface area contributed by atoms with E-state index in [2.05, 4.69) is 116 Å². The largest absolute Gasteiger partial charge is 0.243 e. The van der Waals surface area contributed by atoms with E-state index in [1.165, 1.54) is 50.1 Å². The molecule has 0 bridgehead atoms. The fourth-order valence-electron chi connectivity index (χ4n) is 9.73. The SMILES string of the molecule is CC1(C)c2cccc3c2B2c4c1ccc1c4[C]4c5c(cccc5C(C)(C)c5ccc(c2c54)C3(C)C)C1(C)C. The summed E-state index contributed by atoms with van der Waals surface area (Å²) in [5, 5.41) is 0. The van der Waals surface area contributed by atoms with Crippen molar-refractivity contribution in [2.24, 2.45) is 0 Å². The topological polar surface area (TPSA) is 0 Å². The lowest BCUT2D eigenvalue weighted by Gasteiger charge is -2.56. The average Bonchev–Trinajstić information content (AvgIpc) is 2.87. The Hall–Kier alpha value is -3.06. The molecule has 9 rings (SSSR count). The third kappa shape index (κ3) is 1.96. The van der Waals surface area contributed by atoms with E-state index in [4.69, 9.17) is 0 Å². The molecule has 38 heavy (non-hydrogen) atoms. The number of rotatable bonds is 0. The minimum Gasteiger partial charge on any atom is -0.0617 e. The van der Waals surface area contributed by atoms with E-state index in [0.29, 0.717) is 6.71 Å². The third-order valence-corrected chi connectivity index (χ3v) is 11.7. The van der Waals surface area contributed by atoms with Gasteiger partial charge in [-0.2, -0.15) is 0 Å². The molecule has 0 fully saturated rings. The molecule has 0 aromatic heterocycles. The molecule has 0 saturated carbocycles. The van der Waals surface area contributed by atoms with Gasteiger partial charge in [0.1, 0.15) is 0 Å². The van der Waals surface area contributed by atoms with E-state index in [1.54, 1.807) is 33.4 Å². The molecule has 3 heterocycles. The Morgan fingerprint density at radius 1 is 0.368 bits per heavy atom. The zero-order valence-corrected chi connectivity index (χ0v) is 23.9. The smallest absolute Gasteiger partial charge is 0.0617 e. The van der Waals surface area contributed by atoms with Gasteiger partial charge in [0.15, 0.2) is 0 Å². The summed E-state index contributed by atoms with van der Waals surface area (Å²) in [5.74, 6) is 1.54. The van der Waals surface area contributed by atoms with Crippen molar-refractivity contribution in [1.82, 2.24) is 0 Å². The van der Waals surface area contributed by atoms with Gasteiger partial charge < -0.3 is 0 Å². The maximum Gasteiger partial charge on any atom is 0.243 e. The molecule has 0 saturated heterocycles. The van der Waals surface area contributed by atoms with Gasteiger partial charge in [-0.15, -0.1) is 0 Å². The normalized spacial score (nSPS) is 21.8. The first-order valence-corrected chi connectivity index (χ1v) is 14.4. The summed E-state index contributed by atoms with van der Waals surface area (Å²) in [7, 11) is 0. The van der Waals surface area contributed by atoms with Crippen molar-refractivity contribution in [3.05, 3.63) is 128 Å². The van der Waals surface area contributed by atoms with Crippen LogP contribution >= 0.6 is 0 Å². The first-order chi connectivity index (χ1) is 17.9. The van der Waals surface area contributed by atoms with Crippen molar-refractivity contribution in [1.29, 1.82) is 0 Å². The average molecular weight is 489 g/mol. The molecule has 185 valence electrons. The Morgan fingerprint density at radius 2 is 0.684 bits per heavy atom. The van der Waals surface area contributed by atoms with E-state index in [9.17, 15) is 0 Å². The predicted molar refractivity (Wildman–Crippen MR) is 159 cm³/mol. The highest BCUT2D eigenvalue weighted by molar-refractivity contribution is 6.98. The van der Waals surface area contributed by atoms with Gasteiger partial charge in [0.05, 0.1) is 5.92 Å². The van der Waals surface area contributed by atoms with Crippen molar-refractivity contribution in [2.75, 3.05) is 0 Å². The van der Waals surface area contributed by atoms with Gasteiger partial charge in [-0.25, -0.2) is 0 Å². The maximum atomic E-state index is 2.50. The van der Waals surface area contributed by atoms with E-state index in [0.717, 1.165) is 0 Å². The molecule has 2 aliphatic carbocycles. The van der Waals surface area contributed by atoms with Crippen LogP contribution in [-0.4, -0.2) is 6.71 Å². The van der Waals surface area contributed by atoms with Crippen molar-refractivity contribution in [2.45, 2.75) is 77.0 Å². The summed E-state index contributed by atoms with van der Waals surface area (Å²) in [6.07, 6.45) is 0. The van der Waals surface area contributed by atoms with Gasteiger partial charge in [0.2, 0.25) is 6.71 Å². The molecular formula is C37H34B. The Morgan fingerprint density at radius 3 is 1.13 bits per heavy atom. The van der Waals surface area contributed by atoms with Crippen LogP contribution in [0.15, 0.2) is 60.7 Å². The maximum absolute atomic E-state index is 2.50. The third-order valence-electron chi connectivity index (χ3n) is 11.7. The summed E-state index contributed by atoms with van der Waals surface area (Å²) in [6.45, 7) is 20.0. The fourth-order valence-corrected chi connectivity index (χ4v) is 9.73. The van der Waals surface area contributed by atoms with E-state index >= 15 is 0 Å². The Kier molecular flexibility index (Phi) is 3.40. The standard InChI is InChI=1S/C37H34B/c1-34(2)19-11-9-12-20-27(19)30-28-21(34)15-17-25-32(28)38-31-23(36(25,5)6)13-10-14-24(31)37(7,8)26-18-16-22(35(20,3)4)29(30)33(26)38/h9-18H,1-8H3. The van der Waals surface area contributed by atoms with Crippen LogP contribution in [0.2, 0.25) is 0 Å². The van der Waals surface area contributed by atoms with Crippen molar-refractivity contribution in [3.8, 4) is 0 Å². The van der Waals surface area contributed by atoms with Gasteiger partial charge in [0, 0.05) is 21.7 Å². The molecule has 4 aromatic carbocycles. The zero-order chi connectivity index (χ0) is 26.3. The van der Waals surface area contributed by atoms with Crippen LogP contribution in [0.25, 0.3) is 0 Å². The Balaban J connectivity index is 1.58. The summed E-state index contributed by atoms with van der Waals surface area (Å²) in [6, 6.07) is 24.3. The van der Waals surface area contributed by atoms with Gasteiger partial charge in [-0.1, -0.05) is 132 Å². The molecule has 0 atom stereocenters. The van der Waals surface area contributed by atoms with Crippen LogP contribution in [0.4, 0.5) is 0 Å². The molecular weight excluding hydrogens is 455 g/mol. The van der Waals surface area contributed by atoms with Gasteiger partial charge in [-0.05, 0) is 61.2 Å². The van der Waals surface area contributed by atoms with Crippen LogP contribution in [0, 0.1) is 5.92 Å². The monoisotopic (exact) mass is 489 g/mol. The van der Waals surface area contributed by atoms with Gasteiger partial charge >= 0.3 is 0 Å². The molecule has 0 nitrogen and oxygen atoms in total. The summed E-state index contributed by atoms with van der Waals surface area (Å²) in [4.78, 5) is 0. The second-order valence-electron chi connectivity index (χ2n) is 14.7. The van der Waals surface area contributed by atoms with Crippen LogP contribution in [0.1, 0.15) is 117 Å². The molecule has 5 aliphatic rings. The predicted octanol–water partition coefficient (Wildman–Crippen LogP) is 6.09.